The number of fused-ring (bicyclic) bond motifs is 1. The van der Waals surface area contributed by atoms with Crippen LogP contribution in [-0.4, -0.2) is 29.5 Å². The fourth-order valence-corrected chi connectivity index (χ4v) is 3.24. The van der Waals surface area contributed by atoms with E-state index in [1.165, 1.54) is 12.8 Å². The molecular weight excluding hydrogens is 242 g/mol. The Morgan fingerprint density at radius 2 is 2.11 bits per heavy atom. The highest BCUT2D eigenvalue weighted by atomic mass is 16.5. The average molecular weight is 263 g/mol. The van der Waals surface area contributed by atoms with Crippen LogP contribution in [-0.2, 0) is 0 Å². The van der Waals surface area contributed by atoms with Crippen LogP contribution in [0.1, 0.15) is 37.3 Å². The Hall–Kier alpha value is -1.26. The van der Waals surface area contributed by atoms with Crippen molar-refractivity contribution in [2.45, 2.75) is 37.8 Å². The van der Waals surface area contributed by atoms with E-state index < -0.39 is 0 Å². The second-order valence-corrected chi connectivity index (χ2v) is 5.59. The molecule has 0 bridgehead atoms. The third kappa shape index (κ3) is 2.55. The Balaban J connectivity index is 1.71. The van der Waals surface area contributed by atoms with Crippen LogP contribution in [0.3, 0.4) is 0 Å². The molecule has 0 saturated heterocycles. The second-order valence-electron chi connectivity index (χ2n) is 5.59. The molecule has 0 radical (unpaired) electrons. The Morgan fingerprint density at radius 1 is 1.26 bits per heavy atom. The van der Waals surface area contributed by atoms with Gasteiger partial charge in [0.25, 0.3) is 0 Å². The maximum atomic E-state index is 9.46. The second kappa shape index (κ2) is 5.39. The van der Waals surface area contributed by atoms with Crippen molar-refractivity contribution in [1.29, 1.82) is 0 Å². The number of aliphatic hydroxyl groups excluding tert-OH is 1. The maximum absolute atomic E-state index is 9.46. The largest absolute Gasteiger partial charge is 0.508 e. The van der Waals surface area contributed by atoms with Gasteiger partial charge in [-0.3, -0.25) is 0 Å². The van der Waals surface area contributed by atoms with Crippen LogP contribution in [0.15, 0.2) is 18.2 Å². The molecule has 1 saturated carbocycles. The Morgan fingerprint density at radius 3 is 2.95 bits per heavy atom. The summed E-state index contributed by atoms with van der Waals surface area (Å²) < 4.78 is 5.62. The minimum absolute atomic E-state index is 0.174. The van der Waals surface area contributed by atoms with Crippen molar-refractivity contribution in [3.05, 3.63) is 23.8 Å². The summed E-state index contributed by atoms with van der Waals surface area (Å²) in [6.07, 6.45) is 4.67. The molecule has 1 aromatic rings. The number of benzene rings is 1. The van der Waals surface area contributed by atoms with Crippen molar-refractivity contribution in [3.8, 4) is 11.5 Å². The summed E-state index contributed by atoms with van der Waals surface area (Å²) in [6, 6.07) is 5.83. The van der Waals surface area contributed by atoms with E-state index >= 15 is 0 Å². The lowest BCUT2D eigenvalue weighted by Gasteiger charge is -2.33. The van der Waals surface area contributed by atoms with Gasteiger partial charge in [0.2, 0.25) is 0 Å². The molecule has 3 N–H and O–H groups in total. The summed E-state index contributed by atoms with van der Waals surface area (Å²) in [6.45, 7) is 0.862. The number of nitrogens with one attached hydrogen (secondary N) is 1. The first-order valence-electron chi connectivity index (χ1n) is 7.10. The molecule has 1 aliphatic heterocycles. The highest BCUT2D eigenvalue weighted by Gasteiger charge is 2.31. The predicted molar refractivity (Wildman–Crippen MR) is 72.3 cm³/mol. The predicted octanol–water partition coefficient (Wildman–Crippen LogP) is 1.97. The summed E-state index contributed by atoms with van der Waals surface area (Å²) in [7, 11) is 0. The first-order valence-corrected chi connectivity index (χ1v) is 7.10. The van der Waals surface area contributed by atoms with E-state index in [0.717, 1.165) is 24.2 Å². The van der Waals surface area contributed by atoms with Crippen LogP contribution in [0, 0.1) is 5.92 Å². The molecule has 2 aliphatic rings. The van der Waals surface area contributed by atoms with Crippen molar-refractivity contribution in [1.82, 2.24) is 5.32 Å². The molecule has 0 spiro atoms. The fraction of sp³-hybridized carbons (Fsp3) is 0.600. The summed E-state index contributed by atoms with van der Waals surface area (Å²) >= 11 is 0. The third-order valence-corrected chi connectivity index (χ3v) is 4.34. The van der Waals surface area contributed by atoms with E-state index in [0.29, 0.717) is 18.6 Å². The molecule has 0 amide bonds. The molecular formula is C15H21NO3. The topological polar surface area (TPSA) is 61.7 Å². The van der Waals surface area contributed by atoms with Gasteiger partial charge in [-0.25, -0.2) is 0 Å². The van der Waals surface area contributed by atoms with Crippen LogP contribution in [0.5, 0.6) is 11.5 Å². The van der Waals surface area contributed by atoms with Gasteiger partial charge >= 0.3 is 0 Å². The van der Waals surface area contributed by atoms with Crippen LogP contribution in [0.4, 0.5) is 0 Å². The lowest BCUT2D eigenvalue weighted by atomic mass is 9.84. The van der Waals surface area contributed by atoms with Crippen molar-refractivity contribution < 1.29 is 14.9 Å². The van der Waals surface area contributed by atoms with Gasteiger partial charge < -0.3 is 20.3 Å². The highest BCUT2D eigenvalue weighted by Crippen LogP contribution is 2.36. The molecule has 4 nitrogen and oxygen atoms in total. The Labute approximate surface area is 113 Å². The molecule has 104 valence electrons. The van der Waals surface area contributed by atoms with Crippen LogP contribution in [0.25, 0.3) is 0 Å². The van der Waals surface area contributed by atoms with E-state index in [4.69, 9.17) is 4.74 Å². The van der Waals surface area contributed by atoms with Crippen LogP contribution < -0.4 is 10.1 Å². The molecule has 0 aromatic heterocycles. The van der Waals surface area contributed by atoms with E-state index in [1.54, 1.807) is 12.1 Å². The third-order valence-electron chi connectivity index (χ3n) is 4.34. The highest BCUT2D eigenvalue weighted by molar-refractivity contribution is 5.44. The van der Waals surface area contributed by atoms with Gasteiger partial charge in [-0.2, -0.15) is 0 Å². The number of hydrogen-bond acceptors (Lipinski definition) is 4. The van der Waals surface area contributed by atoms with Gasteiger partial charge in [0.05, 0.1) is 6.04 Å². The summed E-state index contributed by atoms with van der Waals surface area (Å²) in [5.74, 6) is 1.37. The zero-order valence-corrected chi connectivity index (χ0v) is 11.0. The van der Waals surface area contributed by atoms with Crippen LogP contribution >= 0.6 is 0 Å². The zero-order chi connectivity index (χ0) is 13.2. The maximum Gasteiger partial charge on any atom is 0.127 e. The summed E-state index contributed by atoms with van der Waals surface area (Å²) in [5.41, 5.74) is 1.11. The average Bonchev–Trinajstić information content (AvgIpc) is 2.82. The van der Waals surface area contributed by atoms with Gasteiger partial charge in [-0.05, 0) is 30.9 Å². The number of phenols is 1. The molecule has 3 rings (SSSR count). The molecule has 1 fully saturated rings. The molecule has 19 heavy (non-hydrogen) atoms. The lowest BCUT2D eigenvalue weighted by Crippen LogP contribution is -2.42. The monoisotopic (exact) mass is 263 g/mol. The van der Waals surface area contributed by atoms with Gasteiger partial charge in [-0.15, -0.1) is 0 Å². The molecule has 1 heterocycles. The number of phenolic OH excluding ortho intramolecular Hbond substituents is 1. The van der Waals surface area contributed by atoms with E-state index in [9.17, 15) is 10.2 Å². The SMILES string of the molecule is OCC1CCCCC1NC1COc2cc(O)ccc21. The molecule has 3 atom stereocenters. The Bertz CT molecular complexity index is 449. The Kier molecular flexibility index (Phi) is 3.62. The molecule has 1 aromatic carbocycles. The van der Waals surface area contributed by atoms with Crippen molar-refractivity contribution in [2.24, 2.45) is 5.92 Å². The van der Waals surface area contributed by atoms with Gasteiger partial charge in [0.1, 0.15) is 18.1 Å². The molecule has 4 heteroatoms. The first kappa shape index (κ1) is 12.8. The molecule has 1 aliphatic carbocycles. The number of aliphatic hydroxyl groups is 1. The van der Waals surface area contributed by atoms with E-state index in [2.05, 4.69) is 5.32 Å². The fourth-order valence-electron chi connectivity index (χ4n) is 3.24. The number of ether oxygens (including phenoxy) is 1. The van der Waals surface area contributed by atoms with E-state index in [-0.39, 0.29) is 18.4 Å². The van der Waals surface area contributed by atoms with Crippen LogP contribution in [0.2, 0.25) is 0 Å². The summed E-state index contributed by atoms with van der Waals surface area (Å²) in [5, 5.41) is 22.5. The van der Waals surface area contributed by atoms with Gasteiger partial charge in [0, 0.05) is 24.3 Å². The lowest BCUT2D eigenvalue weighted by molar-refractivity contribution is 0.142. The summed E-state index contributed by atoms with van der Waals surface area (Å²) in [4.78, 5) is 0. The quantitative estimate of drug-likeness (QED) is 0.780. The minimum atomic E-state index is 0.174. The van der Waals surface area contributed by atoms with Gasteiger partial charge in [-0.1, -0.05) is 12.8 Å². The van der Waals surface area contributed by atoms with Crippen molar-refractivity contribution in [2.75, 3.05) is 13.2 Å². The van der Waals surface area contributed by atoms with E-state index in [1.807, 2.05) is 6.07 Å². The standard InChI is InChI=1S/C15H21NO3/c17-8-10-3-1-2-4-13(10)16-14-9-19-15-7-11(18)5-6-12(14)15/h5-7,10,13-14,16-18H,1-4,8-9H2. The first-order chi connectivity index (χ1) is 9.28. The van der Waals surface area contributed by atoms with Crippen molar-refractivity contribution >= 4 is 0 Å². The minimum Gasteiger partial charge on any atom is -0.508 e. The molecule has 3 unspecified atom stereocenters. The normalized spacial score (nSPS) is 29.8. The van der Waals surface area contributed by atoms with Crippen molar-refractivity contribution in [3.63, 3.8) is 0 Å². The zero-order valence-electron chi connectivity index (χ0n) is 11.0. The number of aromatic hydroxyl groups is 1. The number of rotatable bonds is 3. The van der Waals surface area contributed by atoms with Gasteiger partial charge in [0.15, 0.2) is 0 Å². The smallest absolute Gasteiger partial charge is 0.127 e. The number of hydrogen-bond donors (Lipinski definition) is 3.